The Balaban J connectivity index is 1.95. The van der Waals surface area contributed by atoms with Crippen LogP contribution in [0.15, 0.2) is 35.6 Å². The number of aryl methyl sites for hydroxylation is 2. The third kappa shape index (κ3) is 3.82. The van der Waals surface area contributed by atoms with Gasteiger partial charge in [-0.3, -0.25) is 9.89 Å². The Kier molecular flexibility index (Phi) is 4.55. The number of amides is 1. The van der Waals surface area contributed by atoms with Crippen molar-refractivity contribution >= 4 is 17.6 Å². The molecule has 0 atom stereocenters. The zero-order chi connectivity index (χ0) is 15.2. The maximum atomic E-state index is 11.9. The molecule has 0 saturated heterocycles. The number of hydrogen-bond acceptors (Lipinski definition) is 4. The molecule has 2 rings (SSSR count). The third-order valence-corrected chi connectivity index (χ3v) is 3.01. The van der Waals surface area contributed by atoms with Gasteiger partial charge in [0.15, 0.2) is 5.84 Å². The summed E-state index contributed by atoms with van der Waals surface area (Å²) < 4.78 is 0. The van der Waals surface area contributed by atoms with Crippen LogP contribution in [0.4, 0.5) is 5.82 Å². The number of aromatic amines is 1. The van der Waals surface area contributed by atoms with Crippen LogP contribution in [0.3, 0.4) is 0 Å². The molecule has 0 aliphatic carbocycles. The van der Waals surface area contributed by atoms with Crippen LogP contribution in [0.1, 0.15) is 23.1 Å². The molecule has 1 aromatic heterocycles. The Hall–Kier alpha value is -2.83. The smallest absolute Gasteiger partial charge is 0.225 e. The van der Waals surface area contributed by atoms with Gasteiger partial charge in [0.2, 0.25) is 5.91 Å². The van der Waals surface area contributed by atoms with Gasteiger partial charge in [0.1, 0.15) is 5.82 Å². The number of hydrogen-bond donors (Lipinski definition) is 4. The molecule has 0 aliphatic rings. The number of nitrogens with two attached hydrogens (primary N) is 1. The maximum Gasteiger partial charge on any atom is 0.225 e. The van der Waals surface area contributed by atoms with Gasteiger partial charge in [-0.05, 0) is 18.9 Å². The minimum Gasteiger partial charge on any atom is -0.409 e. The molecule has 0 spiro atoms. The molecule has 1 aromatic carbocycles. The van der Waals surface area contributed by atoms with Crippen molar-refractivity contribution in [1.82, 2.24) is 10.2 Å². The molecule has 0 unspecified atom stereocenters. The summed E-state index contributed by atoms with van der Waals surface area (Å²) in [5.74, 6) is 0.0324. The molecule has 0 aliphatic heterocycles. The van der Waals surface area contributed by atoms with Gasteiger partial charge in [0, 0.05) is 6.42 Å². The van der Waals surface area contributed by atoms with Gasteiger partial charge >= 0.3 is 0 Å². The van der Waals surface area contributed by atoms with Gasteiger partial charge < -0.3 is 16.3 Å². The Morgan fingerprint density at radius 1 is 1.52 bits per heavy atom. The van der Waals surface area contributed by atoms with Gasteiger partial charge in [-0.15, -0.1) is 0 Å². The van der Waals surface area contributed by atoms with E-state index in [0.29, 0.717) is 24.2 Å². The van der Waals surface area contributed by atoms with Gasteiger partial charge in [0.05, 0.1) is 11.8 Å². The molecule has 110 valence electrons. The molecule has 5 N–H and O–H groups in total. The van der Waals surface area contributed by atoms with E-state index in [0.717, 1.165) is 11.1 Å². The van der Waals surface area contributed by atoms with E-state index in [1.165, 1.54) is 6.20 Å². The minimum absolute atomic E-state index is 0.113. The second kappa shape index (κ2) is 6.56. The Morgan fingerprint density at radius 3 is 3.05 bits per heavy atom. The van der Waals surface area contributed by atoms with Crippen LogP contribution >= 0.6 is 0 Å². The molecule has 0 bridgehead atoms. The number of carbonyl (C=O) groups is 1. The highest BCUT2D eigenvalue weighted by Gasteiger charge is 2.12. The lowest BCUT2D eigenvalue weighted by Crippen LogP contribution is -2.18. The van der Waals surface area contributed by atoms with Crippen molar-refractivity contribution in [3.63, 3.8) is 0 Å². The first-order valence-electron chi connectivity index (χ1n) is 6.47. The number of carbonyl (C=O) groups excluding carboxylic acids is 1. The van der Waals surface area contributed by atoms with Crippen molar-refractivity contribution in [2.75, 3.05) is 5.32 Å². The summed E-state index contributed by atoms with van der Waals surface area (Å²) in [5, 5.41) is 20.6. The summed E-state index contributed by atoms with van der Waals surface area (Å²) >= 11 is 0. The van der Waals surface area contributed by atoms with E-state index in [1.54, 1.807) is 0 Å². The van der Waals surface area contributed by atoms with Gasteiger partial charge in [-0.1, -0.05) is 35.0 Å². The van der Waals surface area contributed by atoms with Gasteiger partial charge in [-0.25, -0.2) is 0 Å². The Bertz CT molecular complexity index is 663. The summed E-state index contributed by atoms with van der Waals surface area (Å²) in [6.07, 6.45) is 2.35. The number of oxime groups is 1. The number of nitrogens with zero attached hydrogens (tertiary/aromatic N) is 2. The van der Waals surface area contributed by atoms with Crippen molar-refractivity contribution in [3.05, 3.63) is 47.2 Å². The van der Waals surface area contributed by atoms with Crippen molar-refractivity contribution in [2.45, 2.75) is 19.8 Å². The first-order chi connectivity index (χ1) is 10.1. The number of rotatable bonds is 5. The maximum absolute atomic E-state index is 11.9. The Morgan fingerprint density at radius 2 is 2.33 bits per heavy atom. The zero-order valence-corrected chi connectivity index (χ0v) is 11.6. The van der Waals surface area contributed by atoms with E-state index >= 15 is 0 Å². The highest BCUT2D eigenvalue weighted by atomic mass is 16.4. The molecule has 21 heavy (non-hydrogen) atoms. The van der Waals surface area contributed by atoms with Crippen LogP contribution in [-0.4, -0.2) is 27.1 Å². The monoisotopic (exact) mass is 287 g/mol. The SMILES string of the molecule is Cc1cccc(CCC(=O)Nc2[nH]ncc2C(N)=NO)c1. The Labute approximate surface area is 121 Å². The van der Waals surface area contributed by atoms with E-state index in [9.17, 15) is 4.79 Å². The van der Waals surface area contributed by atoms with Crippen LogP contribution in [0, 0.1) is 6.92 Å². The summed E-state index contributed by atoms with van der Waals surface area (Å²) in [4.78, 5) is 11.9. The lowest BCUT2D eigenvalue weighted by Gasteiger charge is -2.05. The van der Waals surface area contributed by atoms with Crippen LogP contribution in [0.25, 0.3) is 0 Å². The highest BCUT2D eigenvalue weighted by molar-refractivity contribution is 6.04. The largest absolute Gasteiger partial charge is 0.409 e. The normalized spacial score (nSPS) is 11.4. The van der Waals surface area contributed by atoms with E-state index in [1.807, 2.05) is 31.2 Å². The number of aromatic nitrogens is 2. The average molecular weight is 287 g/mol. The molecular formula is C14H17N5O2. The molecule has 0 radical (unpaired) electrons. The molecule has 7 nitrogen and oxygen atoms in total. The number of H-pyrrole nitrogens is 1. The van der Waals surface area contributed by atoms with Crippen LogP contribution in [0.2, 0.25) is 0 Å². The van der Waals surface area contributed by atoms with E-state index in [2.05, 4.69) is 20.7 Å². The van der Waals surface area contributed by atoms with Gasteiger partial charge in [0.25, 0.3) is 0 Å². The number of nitrogens with one attached hydrogen (secondary N) is 2. The molecule has 7 heteroatoms. The summed E-state index contributed by atoms with van der Waals surface area (Å²) in [7, 11) is 0. The zero-order valence-electron chi connectivity index (χ0n) is 11.6. The summed E-state index contributed by atoms with van der Waals surface area (Å²) in [6.45, 7) is 2.01. The standard InChI is InChI=1S/C14H17N5O2/c1-9-3-2-4-10(7-9)5-6-12(20)17-14-11(8-16-18-14)13(15)19-21/h2-4,7-8,21H,5-6H2,1H3,(H2,15,19)(H2,16,17,18,20). The van der Waals surface area contributed by atoms with Crippen LogP contribution in [0.5, 0.6) is 0 Å². The van der Waals surface area contributed by atoms with Crippen molar-refractivity contribution in [1.29, 1.82) is 0 Å². The first kappa shape index (κ1) is 14.6. The molecule has 2 aromatic rings. The summed E-state index contributed by atoms with van der Waals surface area (Å²) in [5.41, 5.74) is 8.10. The minimum atomic E-state index is -0.173. The van der Waals surface area contributed by atoms with E-state index in [4.69, 9.17) is 10.9 Å². The van der Waals surface area contributed by atoms with Crippen molar-refractivity contribution in [3.8, 4) is 0 Å². The van der Waals surface area contributed by atoms with Crippen LogP contribution in [-0.2, 0) is 11.2 Å². The van der Waals surface area contributed by atoms with E-state index < -0.39 is 0 Å². The third-order valence-electron chi connectivity index (χ3n) is 3.01. The molecular weight excluding hydrogens is 270 g/mol. The van der Waals surface area contributed by atoms with Crippen LogP contribution < -0.4 is 11.1 Å². The predicted octanol–water partition coefficient (Wildman–Crippen LogP) is 1.38. The fourth-order valence-corrected chi connectivity index (χ4v) is 1.96. The van der Waals surface area contributed by atoms with Gasteiger partial charge in [-0.2, -0.15) is 5.10 Å². The first-order valence-corrected chi connectivity index (χ1v) is 6.47. The second-order valence-corrected chi connectivity index (χ2v) is 4.68. The average Bonchev–Trinajstić information content (AvgIpc) is 2.92. The second-order valence-electron chi connectivity index (χ2n) is 4.68. The topological polar surface area (TPSA) is 116 Å². The lowest BCUT2D eigenvalue weighted by molar-refractivity contribution is -0.116. The quantitative estimate of drug-likeness (QED) is 0.288. The highest BCUT2D eigenvalue weighted by Crippen LogP contribution is 2.12. The summed E-state index contributed by atoms with van der Waals surface area (Å²) in [6, 6.07) is 8.01. The number of benzene rings is 1. The van der Waals surface area contributed by atoms with Crippen molar-refractivity contribution in [2.24, 2.45) is 10.9 Å². The molecule has 0 saturated carbocycles. The van der Waals surface area contributed by atoms with E-state index in [-0.39, 0.29) is 11.7 Å². The fraction of sp³-hybridized carbons (Fsp3) is 0.214. The van der Waals surface area contributed by atoms with Crippen molar-refractivity contribution < 1.29 is 10.0 Å². The predicted molar refractivity (Wildman–Crippen MR) is 79.2 cm³/mol. The number of amidine groups is 1. The number of anilines is 1. The lowest BCUT2D eigenvalue weighted by atomic mass is 10.1. The molecule has 1 amide bonds. The molecule has 0 fully saturated rings. The molecule has 1 heterocycles. The fourth-order valence-electron chi connectivity index (χ4n) is 1.96.